The molecule has 0 unspecified atom stereocenters. The van der Waals surface area contributed by atoms with Crippen LogP contribution in [0.1, 0.15) is 31.4 Å². The molecule has 0 aromatic heterocycles. The Morgan fingerprint density at radius 3 is 2.11 bits per heavy atom. The molecule has 3 rings (SSSR count). The fourth-order valence-electron chi connectivity index (χ4n) is 4.04. The number of nitrogens with one attached hydrogen (secondary N) is 1. The highest BCUT2D eigenvalue weighted by Crippen LogP contribution is 2.21. The largest absolute Gasteiger partial charge is 0.352 e. The van der Waals surface area contributed by atoms with Gasteiger partial charge in [-0.25, -0.2) is 8.42 Å². The molecular formula is C29H34BrN3O4S. The van der Waals surface area contributed by atoms with Crippen LogP contribution in [0.2, 0.25) is 0 Å². The molecule has 0 bridgehead atoms. The van der Waals surface area contributed by atoms with Crippen LogP contribution in [0, 0.1) is 0 Å². The van der Waals surface area contributed by atoms with Crippen LogP contribution in [0.4, 0.5) is 5.69 Å². The lowest BCUT2D eigenvalue weighted by Crippen LogP contribution is -2.54. The number of hydrogen-bond donors (Lipinski definition) is 1. The second-order valence-electron chi connectivity index (χ2n) is 9.28. The highest BCUT2D eigenvalue weighted by molar-refractivity contribution is 9.10. The van der Waals surface area contributed by atoms with E-state index < -0.39 is 28.5 Å². The molecule has 0 aliphatic heterocycles. The van der Waals surface area contributed by atoms with Gasteiger partial charge in [-0.05, 0) is 48.7 Å². The summed E-state index contributed by atoms with van der Waals surface area (Å²) in [6, 6.07) is 24.6. The lowest BCUT2D eigenvalue weighted by molar-refractivity contribution is -0.140. The molecule has 2 amide bonds. The van der Waals surface area contributed by atoms with Gasteiger partial charge in [0, 0.05) is 23.5 Å². The van der Waals surface area contributed by atoms with Crippen LogP contribution in [0.3, 0.4) is 0 Å². The zero-order valence-electron chi connectivity index (χ0n) is 21.9. The monoisotopic (exact) mass is 599 g/mol. The maximum atomic E-state index is 14.0. The number of benzene rings is 3. The number of hydrogen-bond acceptors (Lipinski definition) is 4. The first-order valence-corrected chi connectivity index (χ1v) is 15.1. The number of nitrogens with zero attached hydrogens (tertiary/aromatic N) is 2. The SMILES string of the molecule is CC[C@H](C)NC(=O)[C@@H](Cc1ccccc1)N(Cc1cccc(Br)c1)C(=O)CN(c1ccccc1)S(C)(=O)=O. The van der Waals surface area contributed by atoms with Gasteiger partial charge in [0.05, 0.1) is 11.9 Å². The van der Waals surface area contributed by atoms with Crippen LogP contribution in [0.25, 0.3) is 0 Å². The molecule has 7 nitrogen and oxygen atoms in total. The van der Waals surface area contributed by atoms with Crippen LogP contribution in [-0.4, -0.2) is 50.0 Å². The van der Waals surface area contributed by atoms with E-state index >= 15 is 0 Å². The van der Waals surface area contributed by atoms with Gasteiger partial charge in [-0.1, -0.05) is 83.5 Å². The molecule has 0 heterocycles. The molecule has 38 heavy (non-hydrogen) atoms. The quantitative estimate of drug-likeness (QED) is 0.325. The summed E-state index contributed by atoms with van der Waals surface area (Å²) in [5.41, 5.74) is 2.09. The highest BCUT2D eigenvalue weighted by Gasteiger charge is 2.33. The smallest absolute Gasteiger partial charge is 0.244 e. The average Bonchev–Trinajstić information content (AvgIpc) is 2.89. The maximum absolute atomic E-state index is 14.0. The first-order valence-electron chi connectivity index (χ1n) is 12.5. The van der Waals surface area contributed by atoms with E-state index in [1.54, 1.807) is 30.3 Å². The van der Waals surface area contributed by atoms with Gasteiger partial charge in [-0.15, -0.1) is 0 Å². The normalized spacial score (nSPS) is 12.8. The lowest BCUT2D eigenvalue weighted by Gasteiger charge is -2.34. The van der Waals surface area contributed by atoms with E-state index in [-0.39, 0.29) is 24.9 Å². The minimum atomic E-state index is -3.78. The van der Waals surface area contributed by atoms with Crippen molar-refractivity contribution < 1.29 is 18.0 Å². The molecule has 0 saturated carbocycles. The summed E-state index contributed by atoms with van der Waals surface area (Å²) in [4.78, 5) is 29.1. The molecule has 0 aliphatic rings. The van der Waals surface area contributed by atoms with Gasteiger partial charge >= 0.3 is 0 Å². The van der Waals surface area contributed by atoms with E-state index in [9.17, 15) is 18.0 Å². The Bertz CT molecular complexity index is 1320. The van der Waals surface area contributed by atoms with Crippen molar-refractivity contribution in [3.63, 3.8) is 0 Å². The zero-order valence-corrected chi connectivity index (χ0v) is 24.3. The third-order valence-electron chi connectivity index (χ3n) is 6.24. The summed E-state index contributed by atoms with van der Waals surface area (Å²) in [7, 11) is -3.78. The number of carbonyl (C=O) groups excluding carboxylic acids is 2. The van der Waals surface area contributed by atoms with Crippen molar-refractivity contribution in [2.24, 2.45) is 0 Å². The Balaban J connectivity index is 2.04. The molecule has 0 spiro atoms. The standard InChI is InChI=1S/C29H34BrN3O4S/c1-4-22(2)31-29(35)27(19-23-12-7-5-8-13-23)32(20-24-14-11-15-25(30)18-24)28(34)21-33(38(3,36)37)26-16-9-6-10-17-26/h5-18,22,27H,4,19-21H2,1-3H3,(H,31,35)/t22-,27+/m0/s1. The number of amides is 2. The molecule has 1 N–H and O–H groups in total. The third kappa shape index (κ3) is 8.43. The molecule has 202 valence electrons. The van der Waals surface area contributed by atoms with Crippen LogP contribution in [-0.2, 0) is 32.6 Å². The number of carbonyl (C=O) groups is 2. The maximum Gasteiger partial charge on any atom is 0.244 e. The number of halogens is 1. The van der Waals surface area contributed by atoms with E-state index in [4.69, 9.17) is 0 Å². The van der Waals surface area contributed by atoms with E-state index in [0.29, 0.717) is 5.69 Å². The fourth-order valence-corrected chi connectivity index (χ4v) is 5.33. The predicted molar refractivity (Wildman–Crippen MR) is 155 cm³/mol. The molecule has 9 heteroatoms. The Labute approximate surface area is 234 Å². The van der Waals surface area contributed by atoms with E-state index in [1.807, 2.05) is 68.4 Å². The second kappa shape index (κ2) is 13.6. The van der Waals surface area contributed by atoms with Gasteiger partial charge < -0.3 is 10.2 Å². The number of rotatable bonds is 12. The Morgan fingerprint density at radius 1 is 0.921 bits per heavy atom. The molecule has 0 saturated heterocycles. The first kappa shape index (κ1) is 29.4. The number of para-hydroxylation sites is 1. The molecule has 0 fully saturated rings. The third-order valence-corrected chi connectivity index (χ3v) is 7.87. The highest BCUT2D eigenvalue weighted by atomic mass is 79.9. The molecule has 0 aliphatic carbocycles. The van der Waals surface area contributed by atoms with Crippen molar-refractivity contribution in [1.29, 1.82) is 0 Å². The minimum Gasteiger partial charge on any atom is -0.352 e. The lowest BCUT2D eigenvalue weighted by atomic mass is 10.0. The van der Waals surface area contributed by atoms with Crippen LogP contribution < -0.4 is 9.62 Å². The first-order chi connectivity index (χ1) is 18.1. The molecule has 3 aromatic carbocycles. The second-order valence-corrected chi connectivity index (χ2v) is 12.1. The summed E-state index contributed by atoms with van der Waals surface area (Å²) >= 11 is 3.48. The summed E-state index contributed by atoms with van der Waals surface area (Å²) in [6.45, 7) is 3.60. The van der Waals surface area contributed by atoms with Gasteiger partial charge in [-0.2, -0.15) is 0 Å². The summed E-state index contributed by atoms with van der Waals surface area (Å²) in [5.74, 6) is -0.753. The van der Waals surface area contributed by atoms with Crippen molar-refractivity contribution >= 4 is 43.5 Å². The van der Waals surface area contributed by atoms with Crippen molar-refractivity contribution in [2.75, 3.05) is 17.1 Å². The molecular weight excluding hydrogens is 566 g/mol. The van der Waals surface area contributed by atoms with Gasteiger partial charge in [0.15, 0.2) is 0 Å². The van der Waals surface area contributed by atoms with Crippen LogP contribution in [0.5, 0.6) is 0 Å². The van der Waals surface area contributed by atoms with E-state index in [2.05, 4.69) is 21.2 Å². The van der Waals surface area contributed by atoms with Gasteiger partial charge in [0.2, 0.25) is 21.8 Å². The Kier molecular flexibility index (Phi) is 10.5. The zero-order chi connectivity index (χ0) is 27.7. The Hall–Kier alpha value is -3.17. The van der Waals surface area contributed by atoms with Crippen molar-refractivity contribution in [1.82, 2.24) is 10.2 Å². The van der Waals surface area contributed by atoms with Gasteiger partial charge in [0.1, 0.15) is 12.6 Å². The van der Waals surface area contributed by atoms with E-state index in [0.717, 1.165) is 32.6 Å². The van der Waals surface area contributed by atoms with E-state index in [1.165, 1.54) is 4.90 Å². The fraction of sp³-hybridized carbons (Fsp3) is 0.310. The van der Waals surface area contributed by atoms with Crippen LogP contribution in [0.15, 0.2) is 89.4 Å². The minimum absolute atomic E-state index is 0.0829. The predicted octanol–water partition coefficient (Wildman–Crippen LogP) is 4.77. The topological polar surface area (TPSA) is 86.8 Å². The molecule has 2 atom stereocenters. The average molecular weight is 601 g/mol. The van der Waals surface area contributed by atoms with Crippen LogP contribution >= 0.6 is 15.9 Å². The van der Waals surface area contributed by atoms with Crippen molar-refractivity contribution in [3.05, 3.63) is 101 Å². The molecule has 3 aromatic rings. The summed E-state index contributed by atoms with van der Waals surface area (Å²) < 4.78 is 27.4. The summed E-state index contributed by atoms with van der Waals surface area (Å²) in [6.07, 6.45) is 2.09. The summed E-state index contributed by atoms with van der Waals surface area (Å²) in [5, 5.41) is 3.02. The van der Waals surface area contributed by atoms with Gasteiger partial charge in [0.25, 0.3) is 0 Å². The van der Waals surface area contributed by atoms with Gasteiger partial charge in [-0.3, -0.25) is 13.9 Å². The number of anilines is 1. The number of sulfonamides is 1. The van der Waals surface area contributed by atoms with Crippen molar-refractivity contribution in [2.45, 2.75) is 45.3 Å². The molecule has 0 radical (unpaired) electrons. The Morgan fingerprint density at radius 2 is 1.53 bits per heavy atom. The van der Waals surface area contributed by atoms with Crippen molar-refractivity contribution in [3.8, 4) is 0 Å².